The van der Waals surface area contributed by atoms with E-state index >= 15 is 0 Å². The molecule has 2 rings (SSSR count). The third-order valence-electron chi connectivity index (χ3n) is 2.93. The summed E-state index contributed by atoms with van der Waals surface area (Å²) in [5, 5.41) is 13.8. The maximum Gasteiger partial charge on any atom is 0.0974 e. The third kappa shape index (κ3) is 2.37. The lowest BCUT2D eigenvalue weighted by molar-refractivity contribution is 0.288. The first-order chi connectivity index (χ1) is 7.33. The highest BCUT2D eigenvalue weighted by Crippen LogP contribution is 2.36. The number of hydrogen-bond donors (Lipinski definition) is 1. The van der Waals surface area contributed by atoms with Crippen molar-refractivity contribution in [1.29, 1.82) is 0 Å². The summed E-state index contributed by atoms with van der Waals surface area (Å²) in [6.07, 6.45) is 6.29. The first-order valence-corrected chi connectivity index (χ1v) is 6.63. The van der Waals surface area contributed by atoms with Gasteiger partial charge in [0.25, 0.3) is 0 Å². The second kappa shape index (κ2) is 5.03. The first-order valence-electron chi connectivity index (χ1n) is 5.58. The Hall–Kier alpha value is -0.480. The van der Waals surface area contributed by atoms with E-state index in [9.17, 15) is 0 Å². The van der Waals surface area contributed by atoms with Gasteiger partial charge in [0.1, 0.15) is 0 Å². The van der Waals surface area contributed by atoms with Gasteiger partial charge >= 0.3 is 0 Å². The predicted octanol–water partition coefficient (Wildman–Crippen LogP) is 2.14. The molecule has 1 aliphatic rings. The number of aromatic nitrogens is 2. The molecule has 1 fully saturated rings. The van der Waals surface area contributed by atoms with Crippen LogP contribution in [0.25, 0.3) is 0 Å². The number of rotatable bonds is 4. The zero-order chi connectivity index (χ0) is 10.7. The van der Waals surface area contributed by atoms with E-state index in [1.807, 2.05) is 18.0 Å². The second-order valence-electron chi connectivity index (χ2n) is 3.99. The molecule has 2 heterocycles. The van der Waals surface area contributed by atoms with Crippen LogP contribution in [-0.2, 0) is 6.42 Å². The van der Waals surface area contributed by atoms with Crippen LogP contribution in [0.4, 0.5) is 0 Å². The van der Waals surface area contributed by atoms with E-state index in [1.54, 1.807) is 0 Å². The summed E-state index contributed by atoms with van der Waals surface area (Å²) in [6.45, 7) is 2.40. The molecule has 1 saturated heterocycles. The molecule has 0 amide bonds. The predicted molar refractivity (Wildman–Crippen MR) is 63.1 cm³/mol. The molecule has 0 aromatic carbocycles. The van der Waals surface area contributed by atoms with Gasteiger partial charge < -0.3 is 5.11 Å². The molecule has 1 N–H and O–H groups in total. The molecule has 3 nitrogen and oxygen atoms in total. The molecule has 1 atom stereocenters. The molecule has 1 aromatic heterocycles. The number of aliphatic hydroxyl groups is 1. The van der Waals surface area contributed by atoms with Gasteiger partial charge in [-0.1, -0.05) is 0 Å². The van der Waals surface area contributed by atoms with Crippen LogP contribution in [-0.4, -0.2) is 27.2 Å². The van der Waals surface area contributed by atoms with E-state index in [2.05, 4.69) is 16.7 Å². The van der Waals surface area contributed by atoms with Crippen molar-refractivity contribution in [3.8, 4) is 0 Å². The van der Waals surface area contributed by atoms with Gasteiger partial charge in [-0.25, -0.2) is 0 Å². The van der Waals surface area contributed by atoms with Crippen LogP contribution in [0, 0.1) is 6.92 Å². The molecule has 0 aliphatic carbocycles. The summed E-state index contributed by atoms with van der Waals surface area (Å²) in [4.78, 5) is 0. The van der Waals surface area contributed by atoms with E-state index in [4.69, 9.17) is 5.11 Å². The zero-order valence-corrected chi connectivity index (χ0v) is 9.96. The highest BCUT2D eigenvalue weighted by Gasteiger charge is 2.20. The van der Waals surface area contributed by atoms with Gasteiger partial charge in [0.2, 0.25) is 0 Å². The third-order valence-corrected chi connectivity index (χ3v) is 4.27. The van der Waals surface area contributed by atoms with Crippen molar-refractivity contribution < 1.29 is 5.11 Å². The molecule has 0 bridgehead atoms. The van der Waals surface area contributed by atoms with E-state index in [-0.39, 0.29) is 6.61 Å². The number of hydrogen-bond acceptors (Lipinski definition) is 3. The minimum Gasteiger partial charge on any atom is -0.396 e. The van der Waals surface area contributed by atoms with Crippen molar-refractivity contribution in [3.05, 3.63) is 17.5 Å². The Kier molecular flexibility index (Phi) is 3.70. The molecule has 4 heteroatoms. The first kappa shape index (κ1) is 11.0. The highest BCUT2D eigenvalue weighted by molar-refractivity contribution is 7.99. The molecule has 15 heavy (non-hydrogen) atoms. The molecule has 84 valence electrons. The van der Waals surface area contributed by atoms with Crippen LogP contribution in [0.3, 0.4) is 0 Å². The fraction of sp³-hybridized carbons (Fsp3) is 0.727. The lowest BCUT2D eigenvalue weighted by Gasteiger charge is -2.11. The topological polar surface area (TPSA) is 38.1 Å². The lowest BCUT2D eigenvalue weighted by Crippen LogP contribution is -2.06. The minimum atomic E-state index is 0.267. The molecule has 1 unspecified atom stereocenters. The Morgan fingerprint density at radius 2 is 2.53 bits per heavy atom. The van der Waals surface area contributed by atoms with Gasteiger partial charge in [0.05, 0.1) is 11.6 Å². The van der Waals surface area contributed by atoms with Crippen molar-refractivity contribution in [2.45, 2.75) is 38.0 Å². The molecular weight excluding hydrogens is 208 g/mol. The van der Waals surface area contributed by atoms with Crippen molar-refractivity contribution in [2.75, 3.05) is 12.4 Å². The van der Waals surface area contributed by atoms with Gasteiger partial charge in [-0.3, -0.25) is 4.68 Å². The van der Waals surface area contributed by atoms with Crippen molar-refractivity contribution in [3.63, 3.8) is 0 Å². The van der Waals surface area contributed by atoms with Gasteiger partial charge in [0, 0.05) is 12.3 Å². The maximum absolute atomic E-state index is 8.81. The molecule has 1 aliphatic heterocycles. The Morgan fingerprint density at radius 3 is 3.20 bits per heavy atom. The molecule has 0 radical (unpaired) electrons. The van der Waals surface area contributed by atoms with E-state index in [0.717, 1.165) is 12.8 Å². The Labute approximate surface area is 94.9 Å². The van der Waals surface area contributed by atoms with Crippen LogP contribution >= 0.6 is 11.8 Å². The molecule has 0 spiro atoms. The number of thioether (sulfide) groups is 1. The zero-order valence-electron chi connectivity index (χ0n) is 9.15. The fourth-order valence-electron chi connectivity index (χ4n) is 2.02. The largest absolute Gasteiger partial charge is 0.396 e. The lowest BCUT2D eigenvalue weighted by atomic mass is 10.1. The SMILES string of the molecule is Cc1c(CCCO)cnn1C1CCCS1. The van der Waals surface area contributed by atoms with E-state index in [1.165, 1.54) is 29.9 Å². The van der Waals surface area contributed by atoms with Crippen LogP contribution in [0.2, 0.25) is 0 Å². The number of nitrogens with zero attached hydrogens (tertiary/aromatic N) is 2. The summed E-state index contributed by atoms with van der Waals surface area (Å²) in [5.41, 5.74) is 2.57. The summed E-state index contributed by atoms with van der Waals surface area (Å²) >= 11 is 2.00. The van der Waals surface area contributed by atoms with Crippen LogP contribution in [0.1, 0.15) is 35.9 Å². The standard InChI is InChI=1S/C11H18N2OS/c1-9-10(4-2-6-14)8-12-13(9)11-5-3-7-15-11/h8,11,14H,2-7H2,1H3. The van der Waals surface area contributed by atoms with Gasteiger partial charge in [-0.05, 0) is 43.9 Å². The molecule has 1 aromatic rings. The van der Waals surface area contributed by atoms with E-state index in [0.29, 0.717) is 5.37 Å². The summed E-state index contributed by atoms with van der Waals surface area (Å²) < 4.78 is 2.16. The molecular formula is C11H18N2OS. The molecule has 0 saturated carbocycles. The normalized spacial score (nSPS) is 21.1. The van der Waals surface area contributed by atoms with Crippen LogP contribution < -0.4 is 0 Å². The highest BCUT2D eigenvalue weighted by atomic mass is 32.2. The van der Waals surface area contributed by atoms with E-state index < -0.39 is 0 Å². The number of aliphatic hydroxyl groups excluding tert-OH is 1. The van der Waals surface area contributed by atoms with Gasteiger partial charge in [0.15, 0.2) is 0 Å². The monoisotopic (exact) mass is 226 g/mol. The Morgan fingerprint density at radius 1 is 1.67 bits per heavy atom. The van der Waals surface area contributed by atoms with Crippen LogP contribution in [0.15, 0.2) is 6.20 Å². The van der Waals surface area contributed by atoms with Crippen molar-refractivity contribution >= 4 is 11.8 Å². The van der Waals surface area contributed by atoms with Crippen LogP contribution in [0.5, 0.6) is 0 Å². The average molecular weight is 226 g/mol. The Bertz CT molecular complexity index is 318. The minimum absolute atomic E-state index is 0.267. The second-order valence-corrected chi connectivity index (χ2v) is 5.28. The fourth-order valence-corrected chi connectivity index (χ4v) is 3.31. The van der Waals surface area contributed by atoms with Crippen molar-refractivity contribution in [1.82, 2.24) is 9.78 Å². The van der Waals surface area contributed by atoms with Crippen molar-refractivity contribution in [2.24, 2.45) is 0 Å². The quantitative estimate of drug-likeness (QED) is 0.855. The Balaban J connectivity index is 2.08. The smallest absolute Gasteiger partial charge is 0.0974 e. The van der Waals surface area contributed by atoms with Gasteiger partial charge in [-0.2, -0.15) is 5.10 Å². The summed E-state index contributed by atoms with van der Waals surface area (Å²) in [5.74, 6) is 1.26. The summed E-state index contributed by atoms with van der Waals surface area (Å²) in [6, 6.07) is 0. The average Bonchev–Trinajstić information content (AvgIpc) is 2.84. The van der Waals surface area contributed by atoms with Gasteiger partial charge in [-0.15, -0.1) is 11.8 Å². The number of aryl methyl sites for hydroxylation is 1. The summed E-state index contributed by atoms with van der Waals surface area (Å²) in [7, 11) is 0. The maximum atomic E-state index is 8.81.